The number of amides is 2. The molecule has 4 fully saturated rings. The molecule has 3 aliphatic carbocycles. The van der Waals surface area contributed by atoms with Crippen molar-refractivity contribution >= 4 is 17.8 Å². The smallest absolute Gasteiger partial charge is 0.414 e. The normalized spacial score (nSPS) is 45.0. The molecule has 0 spiro atoms. The number of ether oxygens (including phenoxy) is 1. The van der Waals surface area contributed by atoms with E-state index in [9.17, 15) is 19.5 Å². The van der Waals surface area contributed by atoms with Gasteiger partial charge in [-0.2, -0.15) is 0 Å². The maximum atomic E-state index is 13.4. The zero-order valence-electron chi connectivity index (χ0n) is 21.2. The van der Waals surface area contributed by atoms with Crippen LogP contribution in [-0.4, -0.2) is 48.2 Å². The van der Waals surface area contributed by atoms with Crippen LogP contribution in [0.1, 0.15) is 72.6 Å². The van der Waals surface area contributed by atoms with E-state index in [0.29, 0.717) is 25.7 Å². The second-order valence-electron chi connectivity index (χ2n) is 12.0. The lowest BCUT2D eigenvalue weighted by Gasteiger charge is -2.61. The summed E-state index contributed by atoms with van der Waals surface area (Å²) in [5.41, 5.74) is -1.59. The van der Waals surface area contributed by atoms with Crippen molar-refractivity contribution in [2.45, 2.75) is 84.8 Å². The van der Waals surface area contributed by atoms with Crippen LogP contribution in [0.15, 0.2) is 12.7 Å². The average Bonchev–Trinajstić information content (AvgIpc) is 3.18. The second kappa shape index (κ2) is 9.05. The zero-order chi connectivity index (χ0) is 24.9. The first-order valence-corrected chi connectivity index (χ1v) is 13.1. The van der Waals surface area contributed by atoms with Crippen molar-refractivity contribution < 1.29 is 24.2 Å². The van der Waals surface area contributed by atoms with Gasteiger partial charge in [0.05, 0.1) is 6.10 Å². The molecule has 1 aliphatic heterocycles. The van der Waals surface area contributed by atoms with Gasteiger partial charge in [0.25, 0.3) is 0 Å². The van der Waals surface area contributed by atoms with Gasteiger partial charge in [-0.15, -0.1) is 6.58 Å². The number of imide groups is 1. The number of hydrogen-bond donors (Lipinski definition) is 3. The van der Waals surface area contributed by atoms with Crippen LogP contribution in [0.4, 0.5) is 4.79 Å². The molecule has 7 nitrogen and oxygen atoms in total. The Balaban J connectivity index is 1.68. The van der Waals surface area contributed by atoms with Crippen LogP contribution in [0.2, 0.25) is 0 Å². The third kappa shape index (κ3) is 3.83. The zero-order valence-corrected chi connectivity index (χ0v) is 21.2. The van der Waals surface area contributed by atoms with Crippen molar-refractivity contribution in [1.82, 2.24) is 10.6 Å². The number of alkyl carbamates (subject to hydrolysis) is 1. The van der Waals surface area contributed by atoms with Crippen LogP contribution in [0.3, 0.4) is 0 Å². The first-order chi connectivity index (χ1) is 16.0. The molecular weight excluding hydrogens is 432 g/mol. The standard InChI is InChI=1S/C27H42N2O5/c1-6-25(4)15-20(34-24(33)29-23(32)18-9-13-28-14-10-18)26(5)16(2)7-11-27(17(3)22(25)31)12-8-19(30)21(26)27/h6,16-18,20-22,28,31H,1,7-15H2,2-5H3,(H,29,32,33)/t16-,17+,20-,21?,22+,25-,26+,27?/m1/s1. The summed E-state index contributed by atoms with van der Waals surface area (Å²) in [6.45, 7) is 13.8. The summed E-state index contributed by atoms with van der Waals surface area (Å²) in [4.78, 5) is 39.2. The predicted molar refractivity (Wildman–Crippen MR) is 129 cm³/mol. The first-order valence-electron chi connectivity index (χ1n) is 13.1. The SMILES string of the molecule is C=C[C@]1(C)C[C@@H](OC(=O)NC(=O)C2CCNCC2)[C@@]2(C)C3C(=O)CCC3(CC[C@H]2C)[C@@H](C)[C@@H]1O. The lowest BCUT2D eigenvalue weighted by atomic mass is 9.44. The second-order valence-corrected chi connectivity index (χ2v) is 12.0. The van der Waals surface area contributed by atoms with E-state index in [1.54, 1.807) is 6.08 Å². The van der Waals surface area contributed by atoms with Crippen molar-refractivity contribution in [3.05, 3.63) is 12.7 Å². The summed E-state index contributed by atoms with van der Waals surface area (Å²) >= 11 is 0. The third-order valence-corrected chi connectivity index (χ3v) is 10.5. The number of hydrogen-bond acceptors (Lipinski definition) is 6. The topological polar surface area (TPSA) is 105 Å². The summed E-state index contributed by atoms with van der Waals surface area (Å²) in [5.74, 6) is -0.487. The van der Waals surface area contributed by atoms with Gasteiger partial charge in [-0.1, -0.05) is 33.8 Å². The summed E-state index contributed by atoms with van der Waals surface area (Å²) in [6, 6.07) is 0. The maximum Gasteiger partial charge on any atom is 0.414 e. The van der Waals surface area contributed by atoms with Gasteiger partial charge < -0.3 is 15.2 Å². The molecule has 0 aromatic rings. The monoisotopic (exact) mass is 474 g/mol. The number of rotatable bonds is 3. The van der Waals surface area contributed by atoms with Crippen LogP contribution in [0.25, 0.3) is 0 Å². The fraction of sp³-hybridized carbons (Fsp3) is 0.815. The van der Waals surface area contributed by atoms with E-state index < -0.39 is 29.1 Å². The Morgan fingerprint density at radius 2 is 1.85 bits per heavy atom. The lowest BCUT2D eigenvalue weighted by molar-refractivity contribution is -0.191. The Hall–Kier alpha value is -1.73. The molecule has 2 amide bonds. The fourth-order valence-electron chi connectivity index (χ4n) is 7.95. The molecule has 1 saturated heterocycles. The van der Waals surface area contributed by atoms with E-state index in [4.69, 9.17) is 4.74 Å². The number of aliphatic hydroxyl groups excluding tert-OH is 1. The van der Waals surface area contributed by atoms with Gasteiger partial charge >= 0.3 is 6.09 Å². The van der Waals surface area contributed by atoms with Gasteiger partial charge in [0.15, 0.2) is 0 Å². The van der Waals surface area contributed by atoms with Crippen molar-refractivity contribution in [2.24, 2.45) is 39.9 Å². The van der Waals surface area contributed by atoms with Crippen LogP contribution < -0.4 is 10.6 Å². The molecule has 7 heteroatoms. The van der Waals surface area contributed by atoms with Crippen molar-refractivity contribution in [3.63, 3.8) is 0 Å². The number of aliphatic hydroxyl groups is 1. The number of nitrogens with one attached hydrogen (secondary N) is 2. The van der Waals surface area contributed by atoms with Crippen molar-refractivity contribution in [1.29, 1.82) is 0 Å². The van der Waals surface area contributed by atoms with E-state index >= 15 is 0 Å². The maximum absolute atomic E-state index is 13.4. The highest BCUT2D eigenvalue weighted by Gasteiger charge is 2.68. The van der Waals surface area contributed by atoms with E-state index in [-0.39, 0.29) is 40.8 Å². The van der Waals surface area contributed by atoms with E-state index in [0.717, 1.165) is 32.4 Å². The minimum absolute atomic E-state index is 0.0740. The highest BCUT2D eigenvalue weighted by Crippen LogP contribution is 2.67. The minimum atomic E-state index is -0.752. The van der Waals surface area contributed by atoms with Gasteiger partial charge in [0, 0.05) is 29.1 Å². The first kappa shape index (κ1) is 25.4. The molecule has 0 radical (unpaired) electrons. The predicted octanol–water partition coefficient (Wildman–Crippen LogP) is 3.60. The van der Waals surface area contributed by atoms with Gasteiger partial charge in [-0.3, -0.25) is 14.9 Å². The Morgan fingerprint density at radius 3 is 2.50 bits per heavy atom. The van der Waals surface area contributed by atoms with Crippen LogP contribution in [0, 0.1) is 39.9 Å². The molecule has 34 heavy (non-hydrogen) atoms. The van der Waals surface area contributed by atoms with E-state index in [1.165, 1.54) is 0 Å². The van der Waals surface area contributed by atoms with E-state index in [2.05, 4.69) is 38.0 Å². The van der Waals surface area contributed by atoms with Gasteiger partial charge in [-0.25, -0.2) is 4.79 Å². The molecule has 2 unspecified atom stereocenters. The molecule has 2 bridgehead atoms. The minimum Gasteiger partial charge on any atom is -0.445 e. The Bertz CT molecular complexity index is 854. The summed E-state index contributed by atoms with van der Waals surface area (Å²) < 4.78 is 6.08. The summed E-state index contributed by atoms with van der Waals surface area (Å²) in [7, 11) is 0. The highest BCUT2D eigenvalue weighted by atomic mass is 16.6. The number of carbonyl (C=O) groups is 3. The van der Waals surface area contributed by atoms with Crippen LogP contribution in [0.5, 0.6) is 0 Å². The van der Waals surface area contributed by atoms with Gasteiger partial charge in [-0.05, 0) is 68.9 Å². The van der Waals surface area contributed by atoms with Crippen LogP contribution in [-0.2, 0) is 14.3 Å². The van der Waals surface area contributed by atoms with Crippen molar-refractivity contribution in [3.8, 4) is 0 Å². The summed E-state index contributed by atoms with van der Waals surface area (Å²) in [5, 5.41) is 17.3. The Morgan fingerprint density at radius 1 is 1.18 bits per heavy atom. The molecule has 0 aromatic heterocycles. The van der Waals surface area contributed by atoms with E-state index in [1.807, 2.05) is 6.92 Å². The number of ketones is 1. The molecule has 4 aliphatic rings. The molecule has 3 N–H and O–H groups in total. The lowest BCUT2D eigenvalue weighted by Crippen LogP contribution is -2.63. The molecule has 1 heterocycles. The highest BCUT2D eigenvalue weighted by molar-refractivity contribution is 5.93. The fourth-order valence-corrected chi connectivity index (χ4v) is 7.95. The van der Waals surface area contributed by atoms with Crippen LogP contribution >= 0.6 is 0 Å². The quantitative estimate of drug-likeness (QED) is 0.540. The molecular formula is C27H42N2O5. The largest absolute Gasteiger partial charge is 0.445 e. The summed E-state index contributed by atoms with van der Waals surface area (Å²) in [6.07, 6.45) is 4.50. The number of carbonyl (C=O) groups excluding carboxylic acids is 3. The Kier molecular flexibility index (Phi) is 6.75. The molecule has 190 valence electrons. The van der Waals surface area contributed by atoms with Gasteiger partial charge in [0.1, 0.15) is 11.9 Å². The average molecular weight is 475 g/mol. The van der Waals surface area contributed by atoms with Gasteiger partial charge in [0.2, 0.25) is 5.91 Å². The Labute approximate surface area is 203 Å². The third-order valence-electron chi connectivity index (χ3n) is 10.5. The molecule has 0 aromatic carbocycles. The number of Topliss-reactive ketones (excluding diaryl/α,β-unsaturated/α-hetero) is 1. The molecule has 8 atom stereocenters. The molecule has 4 rings (SSSR count). The number of piperidine rings is 1. The molecule has 3 saturated carbocycles. The van der Waals surface area contributed by atoms with Crippen molar-refractivity contribution in [2.75, 3.05) is 13.1 Å².